The molecule has 0 aliphatic heterocycles. The first kappa shape index (κ1) is 12.0. The molecule has 0 saturated heterocycles. The van der Waals surface area contributed by atoms with Crippen molar-refractivity contribution in [2.24, 2.45) is 0 Å². The van der Waals surface area contributed by atoms with Gasteiger partial charge in [0, 0.05) is 0 Å². The van der Waals surface area contributed by atoms with E-state index in [-0.39, 0.29) is 11.8 Å². The third-order valence-corrected chi connectivity index (χ3v) is 2.48. The minimum absolute atomic E-state index is 0.136. The van der Waals surface area contributed by atoms with Crippen LogP contribution in [0.3, 0.4) is 0 Å². The second kappa shape index (κ2) is 5.14. The molecule has 0 saturated carbocycles. The summed E-state index contributed by atoms with van der Waals surface area (Å²) in [6.07, 6.45) is -0.697. The number of benzene rings is 1. The van der Waals surface area contributed by atoms with Crippen molar-refractivity contribution in [2.45, 2.75) is 13.0 Å². The quantitative estimate of drug-likeness (QED) is 0.636. The number of alkyl halides is 1. The van der Waals surface area contributed by atoms with E-state index in [1.54, 1.807) is 25.1 Å². The maximum absolute atomic E-state index is 11.3. The van der Waals surface area contributed by atoms with E-state index in [0.717, 1.165) is 5.56 Å². The highest BCUT2D eigenvalue weighted by molar-refractivity contribution is 6.18. The Bertz CT molecular complexity index is 363. The lowest BCUT2D eigenvalue weighted by atomic mass is 10.0. The van der Waals surface area contributed by atoms with E-state index in [1.165, 1.54) is 7.11 Å². The fourth-order valence-electron chi connectivity index (χ4n) is 1.32. The fraction of sp³-hybridized carbons (Fsp3) is 0.364. The molecular formula is C11H13ClO3. The number of hydrogen-bond donors (Lipinski definition) is 1. The normalized spacial score (nSPS) is 12.3. The molecule has 82 valence electrons. The molecule has 1 unspecified atom stereocenters. The number of methoxy groups -OCH3 is 1. The Morgan fingerprint density at radius 3 is 2.73 bits per heavy atom. The molecule has 1 aromatic carbocycles. The summed E-state index contributed by atoms with van der Waals surface area (Å²) in [6, 6.07) is 5.04. The summed E-state index contributed by atoms with van der Waals surface area (Å²) in [4.78, 5) is 11.3. The molecule has 1 atom stereocenters. The number of halogens is 1. The van der Waals surface area contributed by atoms with E-state index in [0.29, 0.717) is 11.1 Å². The number of ether oxygens (including phenoxy) is 1. The molecule has 1 N–H and O–H groups in total. The molecule has 4 heteroatoms. The molecule has 0 aliphatic rings. The van der Waals surface area contributed by atoms with Crippen LogP contribution in [-0.2, 0) is 4.74 Å². The van der Waals surface area contributed by atoms with E-state index in [1.807, 2.05) is 0 Å². The van der Waals surface area contributed by atoms with Gasteiger partial charge in [-0.3, -0.25) is 0 Å². The first-order chi connectivity index (χ1) is 7.10. The van der Waals surface area contributed by atoms with Gasteiger partial charge in [0.05, 0.1) is 24.7 Å². The van der Waals surface area contributed by atoms with Gasteiger partial charge in [-0.05, 0) is 24.1 Å². The van der Waals surface area contributed by atoms with Crippen molar-refractivity contribution in [1.29, 1.82) is 0 Å². The van der Waals surface area contributed by atoms with Gasteiger partial charge < -0.3 is 9.84 Å². The third kappa shape index (κ3) is 2.70. The van der Waals surface area contributed by atoms with Crippen LogP contribution < -0.4 is 0 Å². The zero-order valence-corrected chi connectivity index (χ0v) is 9.41. The number of carbonyl (C=O) groups excluding carboxylic acids is 1. The molecule has 0 aromatic heterocycles. The SMILES string of the molecule is COC(=O)c1ccc(C(O)CCl)cc1C. The minimum atomic E-state index is -0.697. The standard InChI is InChI=1S/C11H13ClO3/c1-7-5-8(10(13)6-12)3-4-9(7)11(14)15-2/h3-5,10,13H,6H2,1-2H3. The van der Waals surface area contributed by atoms with Crippen LogP contribution in [0.25, 0.3) is 0 Å². The predicted molar refractivity (Wildman–Crippen MR) is 58.2 cm³/mol. The Kier molecular flexibility index (Phi) is 4.12. The van der Waals surface area contributed by atoms with Crippen LogP contribution in [0.4, 0.5) is 0 Å². The number of aliphatic hydroxyl groups excluding tert-OH is 1. The molecule has 3 nitrogen and oxygen atoms in total. The average molecular weight is 229 g/mol. The summed E-state index contributed by atoms with van der Waals surface area (Å²) in [5.41, 5.74) is 1.97. The molecule has 0 amide bonds. The first-order valence-corrected chi connectivity index (χ1v) is 5.06. The van der Waals surface area contributed by atoms with Crippen molar-refractivity contribution in [1.82, 2.24) is 0 Å². The number of esters is 1. The molecule has 1 rings (SSSR count). The van der Waals surface area contributed by atoms with E-state index >= 15 is 0 Å². The number of hydrogen-bond acceptors (Lipinski definition) is 3. The first-order valence-electron chi connectivity index (χ1n) is 4.53. The van der Waals surface area contributed by atoms with Crippen LogP contribution in [0, 0.1) is 6.92 Å². The van der Waals surface area contributed by atoms with Gasteiger partial charge in [0.25, 0.3) is 0 Å². The van der Waals surface area contributed by atoms with Crippen LogP contribution in [0.2, 0.25) is 0 Å². The monoisotopic (exact) mass is 228 g/mol. The lowest BCUT2D eigenvalue weighted by molar-refractivity contribution is 0.0599. The maximum atomic E-state index is 11.3. The zero-order valence-electron chi connectivity index (χ0n) is 8.66. The summed E-state index contributed by atoms with van der Waals surface area (Å²) < 4.78 is 4.62. The molecule has 0 spiro atoms. The average Bonchev–Trinajstić information content (AvgIpc) is 2.26. The Balaban J connectivity index is 3.03. The van der Waals surface area contributed by atoms with Gasteiger partial charge in [-0.25, -0.2) is 4.79 Å². The van der Waals surface area contributed by atoms with Gasteiger partial charge in [-0.2, -0.15) is 0 Å². The summed E-state index contributed by atoms with van der Waals surface area (Å²) in [5.74, 6) is -0.240. The van der Waals surface area contributed by atoms with E-state index in [4.69, 9.17) is 11.6 Å². The molecule has 1 aromatic rings. The zero-order chi connectivity index (χ0) is 11.4. The van der Waals surface area contributed by atoms with Gasteiger partial charge in [0.15, 0.2) is 0 Å². The molecule has 0 heterocycles. The van der Waals surface area contributed by atoms with Crippen molar-refractivity contribution in [3.63, 3.8) is 0 Å². The molecule has 0 bridgehead atoms. The molecule has 0 radical (unpaired) electrons. The number of aliphatic hydroxyl groups is 1. The van der Waals surface area contributed by atoms with Gasteiger partial charge in [-0.1, -0.05) is 12.1 Å². The summed E-state index contributed by atoms with van der Waals surface area (Å²) >= 11 is 5.53. The fourth-order valence-corrected chi connectivity index (χ4v) is 1.50. The van der Waals surface area contributed by atoms with E-state index in [2.05, 4.69) is 4.74 Å². The number of rotatable bonds is 3. The summed E-state index contributed by atoms with van der Waals surface area (Å²) in [5, 5.41) is 9.49. The van der Waals surface area contributed by atoms with E-state index in [9.17, 15) is 9.90 Å². The topological polar surface area (TPSA) is 46.5 Å². The highest BCUT2D eigenvalue weighted by Crippen LogP contribution is 2.18. The van der Waals surface area contributed by atoms with Gasteiger partial charge in [-0.15, -0.1) is 11.6 Å². The highest BCUT2D eigenvalue weighted by atomic mass is 35.5. The number of aryl methyl sites for hydroxylation is 1. The Morgan fingerprint density at radius 2 is 2.27 bits per heavy atom. The molecular weight excluding hydrogens is 216 g/mol. The lowest BCUT2D eigenvalue weighted by Crippen LogP contribution is -2.06. The summed E-state index contributed by atoms with van der Waals surface area (Å²) in [7, 11) is 1.34. The number of carbonyl (C=O) groups is 1. The van der Waals surface area contributed by atoms with Crippen LogP contribution in [-0.4, -0.2) is 24.1 Å². The second-order valence-electron chi connectivity index (χ2n) is 3.24. The van der Waals surface area contributed by atoms with Crippen LogP contribution in [0.1, 0.15) is 27.6 Å². The van der Waals surface area contributed by atoms with Crippen molar-refractivity contribution in [3.05, 3.63) is 34.9 Å². The second-order valence-corrected chi connectivity index (χ2v) is 3.54. The molecule has 0 fully saturated rings. The largest absolute Gasteiger partial charge is 0.465 e. The maximum Gasteiger partial charge on any atom is 0.338 e. The third-order valence-electron chi connectivity index (χ3n) is 2.19. The minimum Gasteiger partial charge on any atom is -0.465 e. The Morgan fingerprint density at radius 1 is 1.60 bits per heavy atom. The lowest BCUT2D eigenvalue weighted by Gasteiger charge is -2.10. The van der Waals surface area contributed by atoms with Crippen LogP contribution in [0.5, 0.6) is 0 Å². The van der Waals surface area contributed by atoms with Crippen LogP contribution >= 0.6 is 11.6 Å². The van der Waals surface area contributed by atoms with E-state index < -0.39 is 6.10 Å². The van der Waals surface area contributed by atoms with Crippen molar-refractivity contribution in [3.8, 4) is 0 Å². The van der Waals surface area contributed by atoms with Crippen molar-refractivity contribution < 1.29 is 14.6 Å². The Hall–Kier alpha value is -1.06. The Labute approximate surface area is 93.6 Å². The van der Waals surface area contributed by atoms with Crippen molar-refractivity contribution >= 4 is 17.6 Å². The van der Waals surface area contributed by atoms with Crippen LogP contribution in [0.15, 0.2) is 18.2 Å². The predicted octanol–water partition coefficient (Wildman–Crippen LogP) is 2.05. The van der Waals surface area contributed by atoms with Gasteiger partial charge in [0.1, 0.15) is 0 Å². The van der Waals surface area contributed by atoms with Gasteiger partial charge >= 0.3 is 5.97 Å². The smallest absolute Gasteiger partial charge is 0.338 e. The van der Waals surface area contributed by atoms with Gasteiger partial charge in [0.2, 0.25) is 0 Å². The molecule has 15 heavy (non-hydrogen) atoms. The summed E-state index contributed by atoms with van der Waals surface area (Å²) in [6.45, 7) is 1.79. The highest BCUT2D eigenvalue weighted by Gasteiger charge is 2.12. The molecule has 0 aliphatic carbocycles. The van der Waals surface area contributed by atoms with Crippen molar-refractivity contribution in [2.75, 3.05) is 13.0 Å².